The first-order valence-corrected chi connectivity index (χ1v) is 8.01. The zero-order chi connectivity index (χ0) is 15.6. The van der Waals surface area contributed by atoms with E-state index in [9.17, 15) is 0 Å². The lowest BCUT2D eigenvalue weighted by Gasteiger charge is -2.40. The van der Waals surface area contributed by atoms with Crippen molar-refractivity contribution in [1.29, 1.82) is 0 Å². The average Bonchev–Trinajstić information content (AvgIpc) is 2.38. The second kappa shape index (κ2) is 6.47. The molecular formula is C18H30N2O. The molecule has 0 amide bonds. The van der Waals surface area contributed by atoms with Crippen LogP contribution >= 0.6 is 0 Å². The number of ether oxygens (including phenoxy) is 1. The van der Waals surface area contributed by atoms with E-state index in [1.807, 2.05) is 0 Å². The molecule has 2 rings (SSSR count). The van der Waals surface area contributed by atoms with Crippen LogP contribution in [0, 0.1) is 0 Å². The Hall–Kier alpha value is -0.900. The van der Waals surface area contributed by atoms with Crippen molar-refractivity contribution in [3.05, 3.63) is 35.4 Å². The van der Waals surface area contributed by atoms with Crippen molar-refractivity contribution in [3.63, 3.8) is 0 Å². The molecule has 3 atom stereocenters. The van der Waals surface area contributed by atoms with Crippen LogP contribution < -0.4 is 5.73 Å². The van der Waals surface area contributed by atoms with Crippen LogP contribution in [0.25, 0.3) is 0 Å². The Balaban J connectivity index is 2.17. The van der Waals surface area contributed by atoms with E-state index in [0.29, 0.717) is 6.54 Å². The van der Waals surface area contributed by atoms with Crippen molar-refractivity contribution in [2.24, 2.45) is 5.73 Å². The number of rotatable bonds is 3. The summed E-state index contributed by atoms with van der Waals surface area (Å²) in [5.74, 6) is 0. The second-order valence-corrected chi connectivity index (χ2v) is 7.33. The summed E-state index contributed by atoms with van der Waals surface area (Å²) in [5, 5.41) is 0. The molecule has 0 spiro atoms. The smallest absolute Gasteiger partial charge is 0.0678 e. The van der Waals surface area contributed by atoms with Crippen molar-refractivity contribution in [3.8, 4) is 0 Å². The van der Waals surface area contributed by atoms with Gasteiger partial charge in [-0.1, -0.05) is 45.0 Å². The van der Waals surface area contributed by atoms with Crippen LogP contribution in [0.2, 0.25) is 0 Å². The summed E-state index contributed by atoms with van der Waals surface area (Å²) in [6.07, 6.45) is 0.549. The average molecular weight is 290 g/mol. The Labute approximate surface area is 129 Å². The Bertz CT molecular complexity index is 439. The molecule has 1 aromatic rings. The van der Waals surface area contributed by atoms with Crippen LogP contribution in [0.1, 0.15) is 51.8 Å². The van der Waals surface area contributed by atoms with Gasteiger partial charge < -0.3 is 10.5 Å². The van der Waals surface area contributed by atoms with E-state index in [0.717, 1.165) is 13.1 Å². The molecule has 1 heterocycles. The Kier molecular flexibility index (Phi) is 5.07. The van der Waals surface area contributed by atoms with E-state index in [1.54, 1.807) is 0 Å². The first-order valence-electron chi connectivity index (χ1n) is 8.01. The van der Waals surface area contributed by atoms with Crippen LogP contribution in [-0.4, -0.2) is 36.7 Å². The van der Waals surface area contributed by atoms with E-state index < -0.39 is 0 Å². The molecule has 0 radical (unpaired) electrons. The number of benzene rings is 1. The molecule has 21 heavy (non-hydrogen) atoms. The largest absolute Gasteiger partial charge is 0.373 e. The number of hydrogen-bond acceptors (Lipinski definition) is 3. The first-order chi connectivity index (χ1) is 9.81. The lowest BCUT2D eigenvalue weighted by molar-refractivity contribution is -0.0799. The third-order valence-electron chi connectivity index (χ3n) is 4.27. The summed E-state index contributed by atoms with van der Waals surface area (Å²) in [4.78, 5) is 2.46. The summed E-state index contributed by atoms with van der Waals surface area (Å²) in [6, 6.07) is 9.25. The molecule has 0 aliphatic carbocycles. The number of hydrogen-bond donors (Lipinski definition) is 1. The van der Waals surface area contributed by atoms with Gasteiger partial charge in [0.15, 0.2) is 0 Å². The van der Waals surface area contributed by atoms with Crippen molar-refractivity contribution in [1.82, 2.24) is 4.90 Å². The number of morpholine rings is 1. The minimum atomic E-state index is 0.193. The maximum Gasteiger partial charge on any atom is 0.0678 e. The van der Waals surface area contributed by atoms with Gasteiger partial charge in [-0.05, 0) is 30.4 Å². The molecule has 1 aromatic carbocycles. The van der Waals surface area contributed by atoms with Crippen LogP contribution in [0.3, 0.4) is 0 Å². The molecule has 1 fully saturated rings. The lowest BCUT2D eigenvalue weighted by atomic mass is 9.86. The van der Waals surface area contributed by atoms with Crippen LogP contribution in [0.4, 0.5) is 0 Å². The van der Waals surface area contributed by atoms with Crippen LogP contribution in [0.5, 0.6) is 0 Å². The van der Waals surface area contributed by atoms with E-state index in [4.69, 9.17) is 10.5 Å². The van der Waals surface area contributed by atoms with Gasteiger partial charge in [0.05, 0.1) is 12.2 Å². The topological polar surface area (TPSA) is 38.5 Å². The van der Waals surface area contributed by atoms with Crippen molar-refractivity contribution in [2.75, 3.05) is 19.6 Å². The fourth-order valence-electron chi connectivity index (χ4n) is 3.17. The summed E-state index contributed by atoms with van der Waals surface area (Å²) in [6.45, 7) is 13.6. The van der Waals surface area contributed by atoms with Gasteiger partial charge in [0.25, 0.3) is 0 Å². The normalized spacial score (nSPS) is 25.8. The zero-order valence-electron chi connectivity index (χ0n) is 14.1. The molecule has 118 valence electrons. The van der Waals surface area contributed by atoms with Crippen molar-refractivity contribution < 1.29 is 4.74 Å². The van der Waals surface area contributed by atoms with E-state index in [-0.39, 0.29) is 23.7 Å². The standard InChI is InChI=1S/C18H30N2O/c1-13-11-20(12-14(2)21-13)17(10-19)15-6-8-16(9-7-15)18(3,4)5/h6-9,13-14,17H,10-12,19H2,1-5H3. The molecule has 1 aliphatic rings. The summed E-state index contributed by atoms with van der Waals surface area (Å²) >= 11 is 0. The van der Waals surface area contributed by atoms with Gasteiger partial charge in [-0.2, -0.15) is 0 Å². The summed E-state index contributed by atoms with van der Waals surface area (Å²) in [5.41, 5.74) is 8.94. The minimum absolute atomic E-state index is 0.193. The SMILES string of the molecule is CC1CN(C(CN)c2ccc(C(C)(C)C)cc2)CC(C)O1. The molecule has 0 bridgehead atoms. The monoisotopic (exact) mass is 290 g/mol. The van der Waals surface area contributed by atoms with Crippen molar-refractivity contribution >= 4 is 0 Å². The van der Waals surface area contributed by atoms with Gasteiger partial charge >= 0.3 is 0 Å². The molecule has 1 saturated heterocycles. The maximum absolute atomic E-state index is 6.07. The Morgan fingerprint density at radius 3 is 2.10 bits per heavy atom. The highest BCUT2D eigenvalue weighted by Crippen LogP contribution is 2.27. The summed E-state index contributed by atoms with van der Waals surface area (Å²) < 4.78 is 5.83. The zero-order valence-corrected chi connectivity index (χ0v) is 14.1. The molecule has 3 unspecified atom stereocenters. The quantitative estimate of drug-likeness (QED) is 0.929. The molecule has 3 nitrogen and oxygen atoms in total. The molecular weight excluding hydrogens is 260 g/mol. The number of nitrogens with zero attached hydrogens (tertiary/aromatic N) is 1. The van der Waals surface area contributed by atoms with Crippen LogP contribution in [-0.2, 0) is 10.2 Å². The van der Waals surface area contributed by atoms with E-state index in [2.05, 4.69) is 63.8 Å². The van der Waals surface area contributed by atoms with Gasteiger partial charge in [0, 0.05) is 25.7 Å². The van der Waals surface area contributed by atoms with Gasteiger partial charge in [-0.25, -0.2) is 0 Å². The number of nitrogens with two attached hydrogens (primary N) is 1. The molecule has 1 aliphatic heterocycles. The maximum atomic E-state index is 6.07. The Morgan fingerprint density at radius 1 is 1.14 bits per heavy atom. The lowest BCUT2D eigenvalue weighted by Crippen LogP contribution is -2.48. The predicted molar refractivity (Wildman–Crippen MR) is 88.5 cm³/mol. The highest BCUT2D eigenvalue weighted by atomic mass is 16.5. The Morgan fingerprint density at radius 2 is 1.67 bits per heavy atom. The summed E-state index contributed by atoms with van der Waals surface area (Å²) in [7, 11) is 0. The fraction of sp³-hybridized carbons (Fsp3) is 0.667. The first kappa shape index (κ1) is 16.5. The third-order valence-corrected chi connectivity index (χ3v) is 4.27. The fourth-order valence-corrected chi connectivity index (χ4v) is 3.17. The molecule has 0 saturated carbocycles. The predicted octanol–water partition coefficient (Wildman–Crippen LogP) is 3.09. The van der Waals surface area contributed by atoms with E-state index in [1.165, 1.54) is 11.1 Å². The molecule has 2 N–H and O–H groups in total. The minimum Gasteiger partial charge on any atom is -0.373 e. The van der Waals surface area contributed by atoms with Crippen LogP contribution in [0.15, 0.2) is 24.3 Å². The molecule has 0 aromatic heterocycles. The van der Waals surface area contributed by atoms with Gasteiger partial charge in [-0.3, -0.25) is 4.90 Å². The van der Waals surface area contributed by atoms with Crippen molar-refractivity contribution in [2.45, 2.75) is 58.3 Å². The molecule has 3 heteroatoms. The van der Waals surface area contributed by atoms with Gasteiger partial charge in [0.1, 0.15) is 0 Å². The third kappa shape index (κ3) is 4.06. The van der Waals surface area contributed by atoms with Gasteiger partial charge in [0.2, 0.25) is 0 Å². The highest BCUT2D eigenvalue weighted by molar-refractivity contribution is 5.29. The highest BCUT2D eigenvalue weighted by Gasteiger charge is 2.28. The second-order valence-electron chi connectivity index (χ2n) is 7.33. The van der Waals surface area contributed by atoms with E-state index >= 15 is 0 Å². The van der Waals surface area contributed by atoms with Gasteiger partial charge in [-0.15, -0.1) is 0 Å².